The predicted octanol–water partition coefficient (Wildman–Crippen LogP) is 1.61. The van der Waals surface area contributed by atoms with Gasteiger partial charge in [-0.25, -0.2) is 18.7 Å². The predicted molar refractivity (Wildman–Crippen MR) is 96.8 cm³/mol. The Hall–Kier alpha value is -2.00. The Bertz CT molecular complexity index is 842. The molecule has 0 bridgehead atoms. The zero-order valence-electron chi connectivity index (χ0n) is 15.0. The van der Waals surface area contributed by atoms with Gasteiger partial charge in [0.1, 0.15) is 12.3 Å². The van der Waals surface area contributed by atoms with Gasteiger partial charge in [-0.05, 0) is 6.26 Å². The van der Waals surface area contributed by atoms with E-state index in [0.29, 0.717) is 9.47 Å². The van der Waals surface area contributed by atoms with E-state index >= 15 is 0 Å². The molecule has 0 spiro atoms. The monoisotopic (exact) mass is 459 g/mol. The Morgan fingerprint density at radius 3 is 2.69 bits per heavy atom. The molecule has 0 aliphatic heterocycles. The average Bonchev–Trinajstić information content (AvgIpc) is 3.32. The highest BCUT2D eigenvalue weighted by molar-refractivity contribution is 8.76. The van der Waals surface area contributed by atoms with Crippen LogP contribution in [0.2, 0.25) is 0 Å². The number of hydrogen-bond acceptors (Lipinski definition) is 9. The van der Waals surface area contributed by atoms with Crippen molar-refractivity contribution >= 4 is 27.5 Å². The first-order chi connectivity index (χ1) is 13.7. The summed E-state index contributed by atoms with van der Waals surface area (Å²) in [7, 11) is 2.68. The third-order valence-corrected chi connectivity index (χ3v) is 5.56. The Morgan fingerprint density at radius 2 is 2.14 bits per heavy atom. The van der Waals surface area contributed by atoms with E-state index in [0.717, 1.165) is 6.26 Å². The summed E-state index contributed by atoms with van der Waals surface area (Å²) in [6.07, 6.45) is -1.11. The molecular weight excluding hydrogens is 442 g/mol. The molecule has 2 aromatic rings. The second-order valence-corrected chi connectivity index (χ2v) is 8.28. The Morgan fingerprint density at radius 1 is 1.41 bits per heavy atom. The topological polar surface area (TPSA) is 120 Å². The second kappa shape index (κ2) is 10.2. The van der Waals surface area contributed by atoms with E-state index in [-0.39, 0.29) is 11.6 Å². The largest absolute Gasteiger partial charge is 0.471 e. The van der Waals surface area contributed by atoms with Crippen LogP contribution >= 0.6 is 21.6 Å². The molecule has 0 aliphatic rings. The van der Waals surface area contributed by atoms with Gasteiger partial charge in [0.05, 0.1) is 12.7 Å². The quantitative estimate of drug-likeness (QED) is 0.417. The SMILES string of the molecule is CSSCC(N)CN(CC(c1ncco1)n1c(CF)noc1=O)C(=O)C(F)(F)F. The molecule has 0 saturated carbocycles. The van der Waals surface area contributed by atoms with Crippen LogP contribution in [0.25, 0.3) is 0 Å². The minimum Gasteiger partial charge on any atom is -0.447 e. The highest BCUT2D eigenvalue weighted by Crippen LogP contribution is 2.24. The van der Waals surface area contributed by atoms with Gasteiger partial charge in [0, 0.05) is 18.3 Å². The smallest absolute Gasteiger partial charge is 0.447 e. The minimum absolute atomic E-state index is 0.225. The van der Waals surface area contributed by atoms with Gasteiger partial charge in [-0.15, -0.1) is 0 Å². The average molecular weight is 459 g/mol. The molecule has 2 N–H and O–H groups in total. The highest BCUT2D eigenvalue weighted by atomic mass is 33.1. The molecule has 0 saturated heterocycles. The summed E-state index contributed by atoms with van der Waals surface area (Å²) in [5, 5.41) is 3.24. The summed E-state index contributed by atoms with van der Waals surface area (Å²) < 4.78 is 62.7. The molecule has 2 rings (SSSR count). The Kier molecular flexibility index (Phi) is 8.15. The van der Waals surface area contributed by atoms with Gasteiger partial charge in [-0.3, -0.25) is 9.32 Å². The number of carbonyl (C=O) groups excluding carboxylic acids is 1. The number of carbonyl (C=O) groups is 1. The normalized spacial score (nSPS) is 14.0. The summed E-state index contributed by atoms with van der Waals surface area (Å²) >= 11 is 0. The lowest BCUT2D eigenvalue weighted by Gasteiger charge is -2.29. The van der Waals surface area contributed by atoms with Crippen molar-refractivity contribution in [2.24, 2.45) is 5.73 Å². The number of oxazole rings is 1. The Balaban J connectivity index is 2.40. The van der Waals surface area contributed by atoms with Crippen LogP contribution < -0.4 is 11.5 Å². The van der Waals surface area contributed by atoms with Crippen molar-refractivity contribution in [3.8, 4) is 0 Å². The molecule has 2 unspecified atom stereocenters. The maximum absolute atomic E-state index is 13.2. The first kappa shape index (κ1) is 23.3. The van der Waals surface area contributed by atoms with Crippen molar-refractivity contribution in [2.75, 3.05) is 25.1 Å². The first-order valence-electron chi connectivity index (χ1n) is 7.98. The lowest BCUT2D eigenvalue weighted by atomic mass is 10.2. The molecule has 29 heavy (non-hydrogen) atoms. The van der Waals surface area contributed by atoms with Crippen LogP contribution in [0.3, 0.4) is 0 Å². The van der Waals surface area contributed by atoms with Crippen LogP contribution in [0.1, 0.15) is 17.8 Å². The van der Waals surface area contributed by atoms with Crippen molar-refractivity contribution in [1.29, 1.82) is 0 Å². The number of nitrogens with two attached hydrogens (primary N) is 1. The summed E-state index contributed by atoms with van der Waals surface area (Å²) in [5.41, 5.74) is 5.85. The number of amides is 1. The van der Waals surface area contributed by atoms with Gasteiger partial charge in [0.15, 0.2) is 12.5 Å². The van der Waals surface area contributed by atoms with E-state index in [4.69, 9.17) is 10.2 Å². The van der Waals surface area contributed by atoms with Crippen molar-refractivity contribution in [3.05, 3.63) is 34.7 Å². The molecule has 0 fully saturated rings. The number of aromatic nitrogens is 3. The molecular formula is C14H17F4N5O4S2. The Labute approximate surface area is 169 Å². The molecule has 2 aromatic heterocycles. The standard InChI is InChI=1S/C14H17F4N5O4S2/c1-28-29-7-8(19)5-22(12(24)14(16,17)18)6-9(11-20-2-3-26-11)23-10(4-15)21-27-13(23)25/h2-3,8-9H,4-7,19H2,1H3. The second-order valence-electron chi connectivity index (χ2n) is 5.67. The number of hydrogen-bond donors (Lipinski definition) is 1. The first-order valence-corrected chi connectivity index (χ1v) is 10.7. The van der Waals surface area contributed by atoms with Crippen LogP contribution in [-0.4, -0.2) is 62.8 Å². The highest BCUT2D eigenvalue weighted by Gasteiger charge is 2.44. The van der Waals surface area contributed by atoms with E-state index in [9.17, 15) is 27.2 Å². The van der Waals surface area contributed by atoms with Gasteiger partial charge in [-0.1, -0.05) is 26.7 Å². The van der Waals surface area contributed by atoms with Crippen molar-refractivity contribution in [1.82, 2.24) is 19.6 Å². The molecule has 162 valence electrons. The van der Waals surface area contributed by atoms with Crippen LogP contribution in [0.5, 0.6) is 0 Å². The van der Waals surface area contributed by atoms with E-state index in [2.05, 4.69) is 14.7 Å². The lowest BCUT2D eigenvalue weighted by molar-refractivity contribution is -0.186. The van der Waals surface area contributed by atoms with Crippen LogP contribution in [0, 0.1) is 0 Å². The molecule has 2 heterocycles. The van der Waals surface area contributed by atoms with Crippen LogP contribution in [0.15, 0.2) is 26.2 Å². The fourth-order valence-electron chi connectivity index (χ4n) is 2.47. The number of nitrogens with zero attached hydrogens (tertiary/aromatic N) is 4. The van der Waals surface area contributed by atoms with Crippen LogP contribution in [0.4, 0.5) is 17.6 Å². The van der Waals surface area contributed by atoms with E-state index in [1.165, 1.54) is 27.8 Å². The van der Waals surface area contributed by atoms with Gasteiger partial charge < -0.3 is 15.1 Å². The van der Waals surface area contributed by atoms with Crippen molar-refractivity contribution < 1.29 is 31.3 Å². The number of alkyl halides is 4. The fraction of sp³-hybridized carbons (Fsp3) is 0.571. The molecule has 0 radical (unpaired) electrons. The van der Waals surface area contributed by atoms with Gasteiger partial charge in [-0.2, -0.15) is 13.2 Å². The molecule has 0 aliphatic carbocycles. The maximum atomic E-state index is 13.2. The van der Waals surface area contributed by atoms with Gasteiger partial charge in [0.2, 0.25) is 5.89 Å². The molecule has 15 heteroatoms. The van der Waals surface area contributed by atoms with Crippen LogP contribution in [-0.2, 0) is 11.5 Å². The molecule has 2 atom stereocenters. The van der Waals surface area contributed by atoms with E-state index in [1.54, 1.807) is 6.26 Å². The third kappa shape index (κ3) is 5.99. The minimum atomic E-state index is -5.18. The number of halogens is 4. The molecule has 9 nitrogen and oxygen atoms in total. The molecule has 0 aromatic carbocycles. The fourth-order valence-corrected chi connectivity index (χ4v) is 3.82. The summed E-state index contributed by atoms with van der Waals surface area (Å²) in [4.78, 5) is 28.2. The molecule has 1 amide bonds. The third-order valence-electron chi connectivity index (χ3n) is 3.65. The summed E-state index contributed by atoms with van der Waals surface area (Å²) in [5.74, 6) is -3.74. The van der Waals surface area contributed by atoms with Crippen molar-refractivity contribution in [3.63, 3.8) is 0 Å². The van der Waals surface area contributed by atoms with Crippen molar-refractivity contribution in [2.45, 2.75) is 24.9 Å². The lowest BCUT2D eigenvalue weighted by Crippen LogP contribution is -2.50. The van der Waals surface area contributed by atoms with Gasteiger partial charge >= 0.3 is 17.8 Å². The zero-order valence-corrected chi connectivity index (χ0v) is 16.6. The maximum Gasteiger partial charge on any atom is 0.471 e. The summed E-state index contributed by atoms with van der Waals surface area (Å²) in [6.45, 7) is -2.42. The van der Waals surface area contributed by atoms with Gasteiger partial charge in [0.25, 0.3) is 0 Å². The zero-order chi connectivity index (χ0) is 21.6. The number of rotatable bonds is 10. The summed E-state index contributed by atoms with van der Waals surface area (Å²) in [6, 6.07) is -2.19. The van der Waals surface area contributed by atoms with E-state index < -0.39 is 55.5 Å². The van der Waals surface area contributed by atoms with E-state index in [1.807, 2.05) is 0 Å².